The van der Waals surface area contributed by atoms with Gasteiger partial charge in [-0.1, -0.05) is 6.07 Å². The molecule has 1 aliphatic carbocycles. The molecule has 0 spiro atoms. The van der Waals surface area contributed by atoms with Crippen molar-refractivity contribution >= 4 is 5.82 Å². The van der Waals surface area contributed by atoms with Crippen molar-refractivity contribution in [2.24, 2.45) is 7.05 Å². The summed E-state index contributed by atoms with van der Waals surface area (Å²) in [7, 11) is 1.37. The molecule has 1 saturated carbocycles. The molecule has 6 rings (SSSR count). The number of fused-ring (bicyclic) bond motifs is 2. The standard InChI is InChI=1S/C25H27FN6O2/c1-31-22(26)9-15(10-24(31)34)14-2-7-20(21(33)8-14)25-27-13-23(29-30-25)32(18-5-6-18)19-11-16-3-4-17(12-19)28-16/h2,7-10,13,16-19,28,33H,3-6,11-12H2,1H3/t16-,17+,19?. The number of anilines is 1. The molecular formula is C25H27FN6O2. The van der Waals surface area contributed by atoms with Gasteiger partial charge in [-0.2, -0.15) is 4.39 Å². The molecule has 1 unspecified atom stereocenters. The van der Waals surface area contributed by atoms with Crippen LogP contribution in [-0.4, -0.2) is 49.0 Å². The largest absolute Gasteiger partial charge is 0.507 e. The molecule has 2 bridgehead atoms. The molecule has 2 aromatic heterocycles. The summed E-state index contributed by atoms with van der Waals surface area (Å²) in [5, 5.41) is 23.2. The van der Waals surface area contributed by atoms with Gasteiger partial charge >= 0.3 is 0 Å². The second-order valence-corrected chi connectivity index (χ2v) is 9.74. The van der Waals surface area contributed by atoms with Crippen LogP contribution >= 0.6 is 0 Å². The number of aromatic nitrogens is 4. The predicted molar refractivity (Wildman–Crippen MR) is 126 cm³/mol. The Morgan fingerprint density at radius 2 is 1.79 bits per heavy atom. The van der Waals surface area contributed by atoms with Gasteiger partial charge in [0.25, 0.3) is 5.56 Å². The summed E-state index contributed by atoms with van der Waals surface area (Å²) < 4.78 is 14.9. The maximum Gasteiger partial charge on any atom is 0.253 e. The summed E-state index contributed by atoms with van der Waals surface area (Å²) in [6.45, 7) is 0. The third-order valence-electron chi connectivity index (χ3n) is 7.37. The Balaban J connectivity index is 1.26. The second-order valence-electron chi connectivity index (χ2n) is 9.74. The van der Waals surface area contributed by atoms with Crippen LogP contribution < -0.4 is 15.8 Å². The maximum absolute atomic E-state index is 14.0. The number of benzene rings is 1. The minimum Gasteiger partial charge on any atom is -0.507 e. The van der Waals surface area contributed by atoms with Gasteiger partial charge in [0.05, 0.1) is 11.8 Å². The summed E-state index contributed by atoms with van der Waals surface area (Å²) >= 11 is 0. The fourth-order valence-electron chi connectivity index (χ4n) is 5.46. The molecule has 34 heavy (non-hydrogen) atoms. The Morgan fingerprint density at radius 3 is 2.41 bits per heavy atom. The normalized spacial score (nSPS) is 23.8. The van der Waals surface area contributed by atoms with Crippen LogP contribution in [0.1, 0.15) is 38.5 Å². The minimum absolute atomic E-state index is 0.0536. The Bertz CT molecular complexity index is 1280. The molecular weight excluding hydrogens is 435 g/mol. The van der Waals surface area contributed by atoms with Crippen molar-refractivity contribution < 1.29 is 9.50 Å². The molecule has 3 aromatic rings. The molecule has 4 heterocycles. The highest BCUT2D eigenvalue weighted by atomic mass is 19.1. The van der Waals surface area contributed by atoms with Gasteiger partial charge in [0, 0.05) is 37.3 Å². The smallest absolute Gasteiger partial charge is 0.253 e. The Kier molecular flexibility index (Phi) is 5.09. The molecule has 0 radical (unpaired) electrons. The van der Waals surface area contributed by atoms with Crippen molar-refractivity contribution in [2.75, 3.05) is 4.90 Å². The van der Waals surface area contributed by atoms with Crippen molar-refractivity contribution in [1.29, 1.82) is 0 Å². The average molecular weight is 463 g/mol. The lowest BCUT2D eigenvalue weighted by Gasteiger charge is -2.38. The molecule has 9 heteroatoms. The van der Waals surface area contributed by atoms with Crippen LogP contribution in [0.3, 0.4) is 0 Å². The number of phenolic OH excluding ortho intramolecular Hbond substituents is 1. The number of halogens is 1. The first-order valence-electron chi connectivity index (χ1n) is 11.9. The lowest BCUT2D eigenvalue weighted by atomic mass is 9.98. The van der Waals surface area contributed by atoms with Crippen LogP contribution in [0.5, 0.6) is 5.75 Å². The van der Waals surface area contributed by atoms with Crippen LogP contribution in [0.2, 0.25) is 0 Å². The number of nitrogens with zero attached hydrogens (tertiary/aromatic N) is 5. The summed E-state index contributed by atoms with van der Waals surface area (Å²) in [6.07, 6.45) is 8.87. The fraction of sp³-hybridized carbons (Fsp3) is 0.440. The Labute approximate surface area is 196 Å². The molecule has 2 saturated heterocycles. The van der Waals surface area contributed by atoms with Crippen molar-refractivity contribution in [1.82, 2.24) is 25.1 Å². The molecule has 2 N–H and O–H groups in total. The van der Waals surface area contributed by atoms with Gasteiger partial charge in [-0.25, -0.2) is 4.98 Å². The number of nitrogens with one attached hydrogen (secondary N) is 1. The van der Waals surface area contributed by atoms with Crippen molar-refractivity contribution in [3.63, 3.8) is 0 Å². The van der Waals surface area contributed by atoms with E-state index in [1.165, 1.54) is 50.9 Å². The highest BCUT2D eigenvalue weighted by Gasteiger charge is 2.41. The van der Waals surface area contributed by atoms with E-state index in [0.29, 0.717) is 46.7 Å². The zero-order valence-electron chi connectivity index (χ0n) is 19.0. The van der Waals surface area contributed by atoms with E-state index >= 15 is 0 Å². The van der Waals surface area contributed by atoms with E-state index in [-0.39, 0.29) is 5.75 Å². The Hall–Kier alpha value is -3.33. The fourth-order valence-corrected chi connectivity index (χ4v) is 5.46. The molecule has 176 valence electrons. The van der Waals surface area contributed by atoms with Gasteiger partial charge in [0.2, 0.25) is 0 Å². The lowest BCUT2D eigenvalue weighted by Crippen LogP contribution is -2.49. The van der Waals surface area contributed by atoms with E-state index in [1.807, 2.05) is 0 Å². The molecule has 0 amide bonds. The molecule has 3 atom stereocenters. The van der Waals surface area contributed by atoms with Gasteiger partial charge in [-0.05, 0) is 67.9 Å². The third-order valence-corrected chi connectivity index (χ3v) is 7.37. The van der Waals surface area contributed by atoms with Crippen LogP contribution in [0, 0.1) is 5.95 Å². The van der Waals surface area contributed by atoms with Crippen LogP contribution in [0.15, 0.2) is 41.3 Å². The number of pyridine rings is 1. The molecule has 2 aliphatic heterocycles. The predicted octanol–water partition coefficient (Wildman–Crippen LogP) is 3.00. The minimum atomic E-state index is -0.642. The number of phenols is 1. The third kappa shape index (κ3) is 3.83. The SMILES string of the molecule is Cn1c(F)cc(-c2ccc(-c3ncc(N(C4CC4)C4C[C@H]5CC[C@@H](C4)N5)nn3)c(O)c2)cc1=O. The first kappa shape index (κ1) is 21.2. The van der Waals surface area contributed by atoms with Crippen LogP contribution in [0.4, 0.5) is 10.2 Å². The zero-order chi connectivity index (χ0) is 23.4. The molecule has 8 nitrogen and oxygen atoms in total. The van der Waals surface area contributed by atoms with Gasteiger partial charge < -0.3 is 15.3 Å². The zero-order valence-corrected chi connectivity index (χ0v) is 19.0. The van der Waals surface area contributed by atoms with E-state index in [9.17, 15) is 14.3 Å². The van der Waals surface area contributed by atoms with Gasteiger partial charge in [0.15, 0.2) is 17.6 Å². The number of piperidine rings is 1. The number of hydrogen-bond donors (Lipinski definition) is 2. The molecule has 1 aromatic carbocycles. The van der Waals surface area contributed by atoms with E-state index < -0.39 is 11.5 Å². The highest BCUT2D eigenvalue weighted by molar-refractivity contribution is 5.72. The number of aromatic hydroxyl groups is 1. The van der Waals surface area contributed by atoms with E-state index in [0.717, 1.165) is 23.2 Å². The number of rotatable bonds is 5. The second kappa shape index (κ2) is 8.16. The summed E-state index contributed by atoms with van der Waals surface area (Å²) in [5.41, 5.74) is 0.907. The molecule has 3 aliphatic rings. The van der Waals surface area contributed by atoms with E-state index in [1.54, 1.807) is 18.3 Å². The van der Waals surface area contributed by atoms with Crippen LogP contribution in [-0.2, 0) is 7.05 Å². The first-order valence-corrected chi connectivity index (χ1v) is 11.9. The van der Waals surface area contributed by atoms with E-state index in [4.69, 9.17) is 0 Å². The van der Waals surface area contributed by atoms with Crippen LogP contribution in [0.25, 0.3) is 22.5 Å². The monoisotopic (exact) mass is 462 g/mol. The van der Waals surface area contributed by atoms with Crippen molar-refractivity contribution in [3.8, 4) is 28.3 Å². The summed E-state index contributed by atoms with van der Waals surface area (Å²) in [6, 6.07) is 9.63. The Morgan fingerprint density at radius 1 is 1.03 bits per heavy atom. The molecule has 3 fully saturated rings. The van der Waals surface area contributed by atoms with E-state index in [2.05, 4.69) is 25.4 Å². The summed E-state index contributed by atoms with van der Waals surface area (Å²) in [5.74, 6) is 0.423. The van der Waals surface area contributed by atoms with Gasteiger partial charge in [-0.3, -0.25) is 9.36 Å². The number of hydrogen-bond acceptors (Lipinski definition) is 7. The van der Waals surface area contributed by atoms with Crippen molar-refractivity contribution in [2.45, 2.75) is 62.7 Å². The highest BCUT2D eigenvalue weighted by Crippen LogP contribution is 2.39. The van der Waals surface area contributed by atoms with Gasteiger partial charge in [0.1, 0.15) is 5.75 Å². The lowest BCUT2D eigenvalue weighted by molar-refractivity contribution is 0.343. The average Bonchev–Trinajstić information content (AvgIpc) is 3.61. The maximum atomic E-state index is 14.0. The summed E-state index contributed by atoms with van der Waals surface area (Å²) in [4.78, 5) is 18.9. The van der Waals surface area contributed by atoms with Crippen molar-refractivity contribution in [3.05, 3.63) is 52.8 Å². The first-order chi connectivity index (χ1) is 16.5. The van der Waals surface area contributed by atoms with Gasteiger partial charge in [-0.15, -0.1) is 10.2 Å². The topological polar surface area (TPSA) is 96.2 Å². The quantitative estimate of drug-likeness (QED) is 0.563.